The van der Waals surface area contributed by atoms with Crippen LogP contribution in [0, 0.1) is 0 Å². The molecule has 1 aliphatic heterocycles. The zero-order valence-electron chi connectivity index (χ0n) is 12.2. The Bertz CT molecular complexity index is 681. The van der Waals surface area contributed by atoms with Crippen LogP contribution in [0.2, 0.25) is 0 Å². The lowest BCUT2D eigenvalue weighted by Gasteiger charge is -2.12. The van der Waals surface area contributed by atoms with Crippen LogP contribution in [0.5, 0.6) is 5.75 Å². The molecule has 2 heterocycles. The van der Waals surface area contributed by atoms with Gasteiger partial charge in [-0.2, -0.15) is 5.10 Å². The first-order chi connectivity index (χ1) is 10.1. The highest BCUT2D eigenvalue weighted by Crippen LogP contribution is 2.34. The van der Waals surface area contributed by atoms with E-state index in [0.29, 0.717) is 6.54 Å². The number of hydrogen-bond acceptors (Lipinski definition) is 4. The number of nitrogens with one attached hydrogen (secondary N) is 1. The smallest absolute Gasteiger partial charge is 0.148 e. The maximum atomic E-state index is 6.14. The molecule has 2 aromatic rings. The number of fused-ring (bicyclic) bond motifs is 1. The Morgan fingerprint density at radius 3 is 3.00 bits per heavy atom. The third kappa shape index (κ3) is 2.60. The van der Waals surface area contributed by atoms with Gasteiger partial charge in [0.15, 0.2) is 0 Å². The van der Waals surface area contributed by atoms with Gasteiger partial charge in [0.2, 0.25) is 0 Å². The molecular weight excluding hydrogens is 332 g/mol. The van der Waals surface area contributed by atoms with Gasteiger partial charge in [0.25, 0.3) is 0 Å². The summed E-state index contributed by atoms with van der Waals surface area (Å²) < 4.78 is 8.62. The maximum Gasteiger partial charge on any atom is 0.148 e. The first kappa shape index (κ1) is 14.3. The number of ether oxygens (including phenoxy) is 1. The van der Waals surface area contributed by atoms with Gasteiger partial charge in [0.1, 0.15) is 11.6 Å². The number of nitrogen functional groups attached to an aromatic ring is 1. The molecule has 1 aromatic heterocycles. The largest absolute Gasteiger partial charge is 0.493 e. The van der Waals surface area contributed by atoms with Gasteiger partial charge >= 0.3 is 0 Å². The Morgan fingerprint density at radius 2 is 2.29 bits per heavy atom. The number of rotatable bonds is 4. The molecule has 0 radical (unpaired) electrons. The number of nitrogens with zero attached hydrogens (tertiary/aromatic N) is 2. The fourth-order valence-corrected chi connectivity index (χ4v) is 3.28. The highest BCUT2D eigenvalue weighted by Gasteiger charge is 2.18. The van der Waals surface area contributed by atoms with Crippen molar-refractivity contribution in [3.8, 4) is 5.75 Å². The summed E-state index contributed by atoms with van der Waals surface area (Å²) in [6.45, 7) is 3.47. The van der Waals surface area contributed by atoms with Gasteiger partial charge in [-0.25, -0.2) is 0 Å². The predicted octanol–water partition coefficient (Wildman–Crippen LogP) is 2.87. The number of halogens is 1. The minimum Gasteiger partial charge on any atom is -0.493 e. The number of nitrogens with two attached hydrogens (primary N) is 1. The Balaban J connectivity index is 1.85. The Hall–Kier alpha value is -1.69. The lowest BCUT2D eigenvalue weighted by atomic mass is 10.1. The van der Waals surface area contributed by atoms with E-state index < -0.39 is 0 Å². The zero-order chi connectivity index (χ0) is 15.0. The van der Waals surface area contributed by atoms with Crippen molar-refractivity contribution in [1.29, 1.82) is 0 Å². The molecule has 1 aliphatic rings. The monoisotopic (exact) mass is 350 g/mol. The standard InChI is InChI=1S/C15H19BrN4O/c1-3-12-13(17)15(20(2)19-12)18-8-10-7-11(16)6-9-4-5-21-14(9)10/h6-7,18H,3-5,8,17H2,1-2H3. The van der Waals surface area contributed by atoms with Gasteiger partial charge in [0, 0.05) is 30.0 Å². The van der Waals surface area contributed by atoms with Crippen molar-refractivity contribution in [3.63, 3.8) is 0 Å². The van der Waals surface area contributed by atoms with Gasteiger partial charge in [0.05, 0.1) is 18.0 Å². The SMILES string of the molecule is CCc1nn(C)c(NCc2cc(Br)cc3c2OCC3)c1N. The fraction of sp³-hybridized carbons (Fsp3) is 0.400. The molecule has 3 N–H and O–H groups in total. The number of benzene rings is 1. The van der Waals surface area contributed by atoms with Crippen molar-refractivity contribution in [3.05, 3.63) is 33.4 Å². The van der Waals surface area contributed by atoms with Crippen LogP contribution < -0.4 is 15.8 Å². The topological polar surface area (TPSA) is 65.1 Å². The van der Waals surface area contributed by atoms with Crippen LogP contribution in [0.15, 0.2) is 16.6 Å². The summed E-state index contributed by atoms with van der Waals surface area (Å²) in [6.07, 6.45) is 1.80. The van der Waals surface area contributed by atoms with Gasteiger partial charge in [-0.05, 0) is 24.1 Å². The molecule has 0 bridgehead atoms. The van der Waals surface area contributed by atoms with Crippen LogP contribution in [0.3, 0.4) is 0 Å². The van der Waals surface area contributed by atoms with Crippen molar-refractivity contribution in [2.75, 3.05) is 17.7 Å². The minimum atomic E-state index is 0.661. The Labute approximate surface area is 132 Å². The van der Waals surface area contributed by atoms with Gasteiger partial charge in [-0.1, -0.05) is 22.9 Å². The summed E-state index contributed by atoms with van der Waals surface area (Å²) in [5.74, 6) is 1.86. The molecule has 6 heteroatoms. The van der Waals surface area contributed by atoms with Crippen molar-refractivity contribution < 1.29 is 4.74 Å². The fourth-order valence-electron chi connectivity index (χ4n) is 2.72. The zero-order valence-corrected chi connectivity index (χ0v) is 13.8. The molecule has 1 aromatic carbocycles. The summed E-state index contributed by atoms with van der Waals surface area (Å²) in [7, 11) is 1.90. The third-order valence-corrected chi connectivity index (χ3v) is 4.22. The molecule has 21 heavy (non-hydrogen) atoms. The van der Waals surface area contributed by atoms with E-state index in [1.165, 1.54) is 5.56 Å². The molecule has 0 saturated carbocycles. The number of aryl methyl sites for hydroxylation is 2. The number of hydrogen-bond donors (Lipinski definition) is 2. The second kappa shape index (κ2) is 5.60. The molecule has 0 saturated heterocycles. The van der Waals surface area contributed by atoms with E-state index in [2.05, 4.69) is 45.4 Å². The molecule has 3 rings (SSSR count). The first-order valence-electron chi connectivity index (χ1n) is 7.09. The normalized spacial score (nSPS) is 13.1. The third-order valence-electron chi connectivity index (χ3n) is 3.77. The second-order valence-corrected chi connectivity index (χ2v) is 6.11. The average Bonchev–Trinajstić information content (AvgIpc) is 3.01. The van der Waals surface area contributed by atoms with E-state index in [1.807, 2.05) is 7.05 Å². The minimum absolute atomic E-state index is 0.661. The molecule has 5 nitrogen and oxygen atoms in total. The van der Waals surface area contributed by atoms with Crippen LogP contribution in [-0.4, -0.2) is 16.4 Å². The number of anilines is 2. The lowest BCUT2D eigenvalue weighted by molar-refractivity contribution is 0.354. The molecule has 0 spiro atoms. The highest BCUT2D eigenvalue weighted by molar-refractivity contribution is 9.10. The van der Waals surface area contributed by atoms with Crippen LogP contribution in [0.1, 0.15) is 23.7 Å². The van der Waals surface area contributed by atoms with Crippen molar-refractivity contribution >= 4 is 27.4 Å². The Kier molecular flexibility index (Phi) is 3.80. The maximum absolute atomic E-state index is 6.14. The molecule has 0 fully saturated rings. The van der Waals surface area contributed by atoms with E-state index in [4.69, 9.17) is 10.5 Å². The van der Waals surface area contributed by atoms with Gasteiger partial charge in [-0.15, -0.1) is 0 Å². The van der Waals surface area contributed by atoms with E-state index in [9.17, 15) is 0 Å². The quantitative estimate of drug-likeness (QED) is 0.889. The van der Waals surface area contributed by atoms with Crippen molar-refractivity contribution in [1.82, 2.24) is 9.78 Å². The van der Waals surface area contributed by atoms with Crippen molar-refractivity contribution in [2.24, 2.45) is 7.05 Å². The lowest BCUT2D eigenvalue weighted by Crippen LogP contribution is -2.07. The molecular formula is C15H19BrN4O. The first-order valence-corrected chi connectivity index (χ1v) is 7.88. The molecule has 0 unspecified atom stereocenters. The summed E-state index contributed by atoms with van der Waals surface area (Å²) in [4.78, 5) is 0. The summed E-state index contributed by atoms with van der Waals surface area (Å²) >= 11 is 3.56. The highest BCUT2D eigenvalue weighted by atomic mass is 79.9. The van der Waals surface area contributed by atoms with E-state index >= 15 is 0 Å². The van der Waals surface area contributed by atoms with Crippen LogP contribution in [0.4, 0.5) is 11.5 Å². The summed E-state index contributed by atoms with van der Waals surface area (Å²) in [6, 6.07) is 4.21. The van der Waals surface area contributed by atoms with Crippen LogP contribution in [-0.2, 0) is 26.4 Å². The molecule has 112 valence electrons. The van der Waals surface area contributed by atoms with Crippen LogP contribution >= 0.6 is 15.9 Å². The number of aromatic nitrogens is 2. The van der Waals surface area contributed by atoms with Crippen molar-refractivity contribution in [2.45, 2.75) is 26.3 Å². The van der Waals surface area contributed by atoms with Gasteiger partial charge < -0.3 is 15.8 Å². The average molecular weight is 351 g/mol. The second-order valence-electron chi connectivity index (χ2n) is 5.19. The van der Waals surface area contributed by atoms with E-state index in [0.717, 1.165) is 52.4 Å². The van der Waals surface area contributed by atoms with E-state index in [-0.39, 0.29) is 0 Å². The predicted molar refractivity (Wildman–Crippen MR) is 87.7 cm³/mol. The molecule has 0 aliphatic carbocycles. The van der Waals surface area contributed by atoms with E-state index in [1.54, 1.807) is 4.68 Å². The van der Waals surface area contributed by atoms with Gasteiger partial charge in [-0.3, -0.25) is 4.68 Å². The Morgan fingerprint density at radius 1 is 1.48 bits per heavy atom. The summed E-state index contributed by atoms with van der Waals surface area (Å²) in [5, 5.41) is 7.80. The summed E-state index contributed by atoms with van der Waals surface area (Å²) in [5.41, 5.74) is 10.2. The van der Waals surface area contributed by atoms with Crippen LogP contribution in [0.25, 0.3) is 0 Å². The molecule has 0 atom stereocenters. The molecule has 0 amide bonds.